The average Bonchev–Trinajstić information content (AvgIpc) is 2.66. The van der Waals surface area contributed by atoms with Gasteiger partial charge >= 0.3 is 5.97 Å². The van der Waals surface area contributed by atoms with E-state index in [0.29, 0.717) is 5.56 Å². The Labute approximate surface area is 113 Å². The van der Waals surface area contributed by atoms with Crippen molar-refractivity contribution in [3.8, 4) is 0 Å². The molecule has 0 aliphatic rings. The standard InChI is InChI=1S/C15H20N2O2/c1-9(2)17-12-8-10(13(18)19)6-7-11(12)16-14(17)15(3,4)5/h6-9H,1-5H3,(H,18,19). The molecule has 0 atom stereocenters. The monoisotopic (exact) mass is 260 g/mol. The molecule has 0 fully saturated rings. The molecule has 0 bridgehead atoms. The van der Waals surface area contributed by atoms with Gasteiger partial charge in [-0.2, -0.15) is 0 Å². The van der Waals surface area contributed by atoms with E-state index in [4.69, 9.17) is 5.11 Å². The van der Waals surface area contributed by atoms with Crippen molar-refractivity contribution in [2.75, 3.05) is 0 Å². The highest BCUT2D eigenvalue weighted by molar-refractivity contribution is 5.92. The van der Waals surface area contributed by atoms with Crippen LogP contribution in [-0.4, -0.2) is 20.6 Å². The van der Waals surface area contributed by atoms with Gasteiger partial charge in [-0.05, 0) is 32.0 Å². The van der Waals surface area contributed by atoms with E-state index < -0.39 is 5.97 Å². The number of rotatable bonds is 2. The van der Waals surface area contributed by atoms with Gasteiger partial charge in [0.1, 0.15) is 5.82 Å². The fraction of sp³-hybridized carbons (Fsp3) is 0.467. The Bertz CT molecular complexity index is 633. The number of carbonyl (C=O) groups is 1. The number of aromatic carboxylic acids is 1. The van der Waals surface area contributed by atoms with Crippen molar-refractivity contribution in [1.29, 1.82) is 0 Å². The third-order valence-corrected chi connectivity index (χ3v) is 3.12. The molecular formula is C15H20N2O2. The second kappa shape index (κ2) is 4.37. The molecule has 2 rings (SSSR count). The molecule has 0 saturated carbocycles. The molecule has 0 unspecified atom stereocenters. The first-order valence-corrected chi connectivity index (χ1v) is 6.47. The smallest absolute Gasteiger partial charge is 0.335 e. The summed E-state index contributed by atoms with van der Waals surface area (Å²) >= 11 is 0. The van der Waals surface area contributed by atoms with Crippen LogP contribution in [0.2, 0.25) is 0 Å². The molecule has 0 aliphatic heterocycles. The number of hydrogen-bond acceptors (Lipinski definition) is 2. The van der Waals surface area contributed by atoms with Crippen LogP contribution in [0.25, 0.3) is 11.0 Å². The van der Waals surface area contributed by atoms with Gasteiger partial charge in [0.2, 0.25) is 0 Å². The molecule has 1 heterocycles. The quantitative estimate of drug-likeness (QED) is 0.897. The zero-order valence-electron chi connectivity index (χ0n) is 12.1. The SMILES string of the molecule is CC(C)n1c(C(C)(C)C)nc2ccc(C(=O)O)cc21. The fourth-order valence-corrected chi connectivity index (χ4v) is 2.28. The van der Waals surface area contributed by atoms with Crippen molar-refractivity contribution < 1.29 is 9.90 Å². The molecule has 19 heavy (non-hydrogen) atoms. The highest BCUT2D eigenvalue weighted by Crippen LogP contribution is 2.29. The molecule has 1 aromatic heterocycles. The van der Waals surface area contributed by atoms with E-state index in [9.17, 15) is 4.79 Å². The Morgan fingerprint density at radius 2 is 1.95 bits per heavy atom. The molecule has 0 saturated heterocycles. The highest BCUT2D eigenvalue weighted by atomic mass is 16.4. The predicted octanol–water partition coefficient (Wildman–Crippen LogP) is 3.61. The van der Waals surface area contributed by atoms with Crippen molar-refractivity contribution in [3.05, 3.63) is 29.6 Å². The predicted molar refractivity (Wildman–Crippen MR) is 75.8 cm³/mol. The lowest BCUT2D eigenvalue weighted by molar-refractivity contribution is 0.0697. The van der Waals surface area contributed by atoms with Gasteiger partial charge in [-0.15, -0.1) is 0 Å². The Hall–Kier alpha value is -1.84. The first-order chi connectivity index (χ1) is 8.71. The molecule has 0 spiro atoms. The van der Waals surface area contributed by atoms with Crippen LogP contribution >= 0.6 is 0 Å². The maximum atomic E-state index is 11.1. The first-order valence-electron chi connectivity index (χ1n) is 6.47. The van der Waals surface area contributed by atoms with E-state index in [1.165, 1.54) is 0 Å². The van der Waals surface area contributed by atoms with Crippen molar-refractivity contribution in [3.63, 3.8) is 0 Å². The molecule has 0 amide bonds. The number of hydrogen-bond donors (Lipinski definition) is 1. The van der Waals surface area contributed by atoms with E-state index >= 15 is 0 Å². The molecule has 4 nitrogen and oxygen atoms in total. The van der Waals surface area contributed by atoms with Crippen LogP contribution in [0.3, 0.4) is 0 Å². The Morgan fingerprint density at radius 3 is 2.42 bits per heavy atom. The summed E-state index contributed by atoms with van der Waals surface area (Å²) in [4.78, 5) is 15.8. The third-order valence-electron chi connectivity index (χ3n) is 3.12. The molecule has 1 N–H and O–H groups in total. The van der Waals surface area contributed by atoms with Gasteiger partial charge in [0.15, 0.2) is 0 Å². The van der Waals surface area contributed by atoms with Crippen LogP contribution in [0.15, 0.2) is 18.2 Å². The molecule has 4 heteroatoms. The summed E-state index contributed by atoms with van der Waals surface area (Å²) in [5.41, 5.74) is 1.96. The number of aromatic nitrogens is 2. The van der Waals surface area contributed by atoms with E-state index in [0.717, 1.165) is 16.9 Å². The number of imidazole rings is 1. The normalized spacial score (nSPS) is 12.3. The average molecular weight is 260 g/mol. The van der Waals surface area contributed by atoms with Crippen molar-refractivity contribution in [1.82, 2.24) is 9.55 Å². The van der Waals surface area contributed by atoms with Crippen LogP contribution in [0.5, 0.6) is 0 Å². The van der Waals surface area contributed by atoms with E-state index in [2.05, 4.69) is 44.2 Å². The van der Waals surface area contributed by atoms with Crippen LogP contribution in [-0.2, 0) is 5.41 Å². The molecule has 102 valence electrons. The topological polar surface area (TPSA) is 55.1 Å². The van der Waals surface area contributed by atoms with Crippen molar-refractivity contribution >= 4 is 17.0 Å². The fourth-order valence-electron chi connectivity index (χ4n) is 2.28. The van der Waals surface area contributed by atoms with Gasteiger partial charge in [-0.3, -0.25) is 0 Å². The van der Waals surface area contributed by atoms with Gasteiger partial charge in [0.25, 0.3) is 0 Å². The largest absolute Gasteiger partial charge is 0.478 e. The molecular weight excluding hydrogens is 240 g/mol. The lowest BCUT2D eigenvalue weighted by Crippen LogP contribution is -2.20. The summed E-state index contributed by atoms with van der Waals surface area (Å²) in [5.74, 6) is 0.0794. The van der Waals surface area contributed by atoms with Crippen LogP contribution < -0.4 is 0 Å². The lowest BCUT2D eigenvalue weighted by Gasteiger charge is -2.22. The highest BCUT2D eigenvalue weighted by Gasteiger charge is 2.24. The second-order valence-electron chi connectivity index (χ2n) is 6.16. The van der Waals surface area contributed by atoms with Crippen molar-refractivity contribution in [2.24, 2.45) is 0 Å². The van der Waals surface area contributed by atoms with E-state index in [1.807, 2.05) is 0 Å². The number of benzene rings is 1. The van der Waals surface area contributed by atoms with Crippen LogP contribution in [0.1, 0.15) is 56.8 Å². The minimum atomic E-state index is -0.907. The number of carboxylic acid groups (broad SMARTS) is 1. The Kier molecular flexibility index (Phi) is 3.12. The van der Waals surface area contributed by atoms with E-state index in [1.54, 1.807) is 18.2 Å². The summed E-state index contributed by atoms with van der Waals surface area (Å²) in [5, 5.41) is 9.11. The Balaban J connectivity index is 2.80. The third kappa shape index (κ3) is 2.35. The first kappa shape index (κ1) is 13.6. The van der Waals surface area contributed by atoms with Crippen LogP contribution in [0.4, 0.5) is 0 Å². The molecule has 2 aromatic rings. The minimum Gasteiger partial charge on any atom is -0.478 e. The number of fused-ring (bicyclic) bond motifs is 1. The van der Waals surface area contributed by atoms with Gasteiger partial charge in [0, 0.05) is 11.5 Å². The summed E-state index contributed by atoms with van der Waals surface area (Å²) in [6, 6.07) is 5.34. The second-order valence-corrected chi connectivity index (χ2v) is 6.16. The van der Waals surface area contributed by atoms with Gasteiger partial charge < -0.3 is 9.67 Å². The number of nitrogens with zero attached hydrogens (tertiary/aromatic N) is 2. The molecule has 1 aromatic carbocycles. The molecule has 0 aliphatic carbocycles. The minimum absolute atomic E-state index is 0.0767. The Morgan fingerprint density at radius 1 is 1.32 bits per heavy atom. The zero-order chi connectivity index (χ0) is 14.4. The maximum Gasteiger partial charge on any atom is 0.335 e. The summed E-state index contributed by atoms with van der Waals surface area (Å²) in [6.45, 7) is 10.5. The summed E-state index contributed by atoms with van der Waals surface area (Å²) in [6.07, 6.45) is 0. The zero-order valence-corrected chi connectivity index (χ0v) is 12.1. The van der Waals surface area contributed by atoms with Gasteiger partial charge in [-0.1, -0.05) is 20.8 Å². The van der Waals surface area contributed by atoms with Gasteiger partial charge in [0.05, 0.1) is 16.6 Å². The van der Waals surface area contributed by atoms with Crippen LogP contribution in [0, 0.1) is 0 Å². The van der Waals surface area contributed by atoms with E-state index in [-0.39, 0.29) is 11.5 Å². The summed E-state index contributed by atoms with van der Waals surface area (Å²) in [7, 11) is 0. The summed E-state index contributed by atoms with van der Waals surface area (Å²) < 4.78 is 2.13. The lowest BCUT2D eigenvalue weighted by atomic mass is 9.95. The van der Waals surface area contributed by atoms with Crippen molar-refractivity contribution in [2.45, 2.75) is 46.1 Å². The number of carboxylic acids is 1. The van der Waals surface area contributed by atoms with Gasteiger partial charge in [-0.25, -0.2) is 9.78 Å². The molecule has 0 radical (unpaired) electrons. The maximum absolute atomic E-state index is 11.1.